The number of hydrogen-bond donors (Lipinski definition) is 1. The van der Waals surface area contributed by atoms with E-state index >= 15 is 0 Å². The number of nitrogens with zero attached hydrogens (tertiary/aromatic N) is 2. The van der Waals surface area contributed by atoms with Gasteiger partial charge < -0.3 is 14.8 Å². The summed E-state index contributed by atoms with van der Waals surface area (Å²) in [5, 5.41) is 2.74. The number of carbonyl (C=O) groups is 2. The van der Waals surface area contributed by atoms with E-state index in [1.165, 1.54) is 4.90 Å². The maximum atomic E-state index is 12.1. The Morgan fingerprint density at radius 2 is 2.17 bits per heavy atom. The van der Waals surface area contributed by atoms with Gasteiger partial charge in [0.25, 0.3) is 5.91 Å². The van der Waals surface area contributed by atoms with E-state index in [0.717, 1.165) is 10.9 Å². The van der Waals surface area contributed by atoms with Gasteiger partial charge >= 0.3 is 0 Å². The van der Waals surface area contributed by atoms with Crippen molar-refractivity contribution in [3.63, 3.8) is 0 Å². The Balaban J connectivity index is 2.61. The number of aromatic nitrogens is 1. The molecule has 0 atom stereocenters. The second kappa shape index (κ2) is 6.58. The molecule has 0 aromatic carbocycles. The predicted molar refractivity (Wildman–Crippen MR) is 73.4 cm³/mol. The highest BCUT2D eigenvalue weighted by Crippen LogP contribution is 2.14. The standard InChI is InChI=1S/C12H18BrN3O2/c1-4-5-14-11(17)8-16(3)12(18)10-6-9(13)7-15(10)2/h6-7H,4-5,8H2,1-3H3,(H,14,17). The molecule has 0 fully saturated rings. The first-order chi connectivity index (χ1) is 8.45. The van der Waals surface area contributed by atoms with Gasteiger partial charge in [-0.3, -0.25) is 9.59 Å². The predicted octanol–water partition coefficient (Wildman–Crippen LogP) is 1.39. The van der Waals surface area contributed by atoms with Crippen molar-refractivity contribution in [2.45, 2.75) is 13.3 Å². The Morgan fingerprint density at radius 3 is 2.67 bits per heavy atom. The van der Waals surface area contributed by atoms with E-state index in [-0.39, 0.29) is 18.4 Å². The molecule has 1 N–H and O–H groups in total. The van der Waals surface area contributed by atoms with Crippen LogP contribution < -0.4 is 5.32 Å². The zero-order valence-corrected chi connectivity index (χ0v) is 12.5. The molecule has 18 heavy (non-hydrogen) atoms. The highest BCUT2D eigenvalue weighted by molar-refractivity contribution is 9.10. The molecule has 0 saturated heterocycles. The van der Waals surface area contributed by atoms with Crippen LogP contribution in [-0.2, 0) is 11.8 Å². The van der Waals surface area contributed by atoms with Crippen LogP contribution >= 0.6 is 15.9 Å². The fraction of sp³-hybridized carbons (Fsp3) is 0.500. The zero-order chi connectivity index (χ0) is 13.7. The number of aryl methyl sites for hydroxylation is 1. The van der Waals surface area contributed by atoms with Crippen molar-refractivity contribution < 1.29 is 9.59 Å². The molecular formula is C12H18BrN3O2. The SMILES string of the molecule is CCCNC(=O)CN(C)C(=O)c1cc(Br)cn1C. The van der Waals surface area contributed by atoms with Gasteiger partial charge in [0, 0.05) is 31.3 Å². The molecule has 0 aliphatic rings. The van der Waals surface area contributed by atoms with Crippen LogP contribution in [-0.4, -0.2) is 41.4 Å². The van der Waals surface area contributed by atoms with Crippen molar-refractivity contribution in [3.8, 4) is 0 Å². The molecule has 2 amide bonds. The van der Waals surface area contributed by atoms with Gasteiger partial charge in [0.1, 0.15) is 5.69 Å². The van der Waals surface area contributed by atoms with Gasteiger partial charge in [-0.25, -0.2) is 0 Å². The van der Waals surface area contributed by atoms with Crippen molar-refractivity contribution in [3.05, 3.63) is 22.4 Å². The first-order valence-electron chi connectivity index (χ1n) is 5.79. The first-order valence-corrected chi connectivity index (χ1v) is 6.59. The zero-order valence-electron chi connectivity index (χ0n) is 10.9. The molecular weight excluding hydrogens is 298 g/mol. The molecule has 0 aliphatic heterocycles. The number of likely N-dealkylation sites (N-methyl/N-ethyl adjacent to an activating group) is 1. The lowest BCUT2D eigenvalue weighted by molar-refractivity contribution is -0.121. The second-order valence-electron chi connectivity index (χ2n) is 4.17. The maximum absolute atomic E-state index is 12.1. The molecule has 0 saturated carbocycles. The van der Waals surface area contributed by atoms with E-state index in [9.17, 15) is 9.59 Å². The summed E-state index contributed by atoms with van der Waals surface area (Å²) in [5.41, 5.74) is 0.549. The summed E-state index contributed by atoms with van der Waals surface area (Å²) in [6.07, 6.45) is 2.69. The van der Waals surface area contributed by atoms with Crippen molar-refractivity contribution in [2.24, 2.45) is 7.05 Å². The van der Waals surface area contributed by atoms with Crippen LogP contribution in [0.2, 0.25) is 0 Å². The van der Waals surface area contributed by atoms with Crippen LogP contribution in [0.4, 0.5) is 0 Å². The van der Waals surface area contributed by atoms with Crippen molar-refractivity contribution in [1.29, 1.82) is 0 Å². The van der Waals surface area contributed by atoms with E-state index < -0.39 is 0 Å². The Morgan fingerprint density at radius 1 is 1.50 bits per heavy atom. The molecule has 100 valence electrons. The van der Waals surface area contributed by atoms with Gasteiger partial charge in [-0.05, 0) is 28.4 Å². The monoisotopic (exact) mass is 315 g/mol. The minimum Gasteiger partial charge on any atom is -0.355 e. The Kier molecular flexibility index (Phi) is 5.40. The summed E-state index contributed by atoms with van der Waals surface area (Å²) in [7, 11) is 3.41. The molecule has 1 heterocycles. The topological polar surface area (TPSA) is 54.3 Å². The largest absolute Gasteiger partial charge is 0.355 e. The third-order valence-corrected chi connectivity index (χ3v) is 2.92. The number of carbonyl (C=O) groups excluding carboxylic acids is 2. The van der Waals surface area contributed by atoms with Gasteiger partial charge in [0.15, 0.2) is 0 Å². The van der Waals surface area contributed by atoms with Crippen LogP contribution in [0, 0.1) is 0 Å². The molecule has 0 bridgehead atoms. The summed E-state index contributed by atoms with van der Waals surface area (Å²) < 4.78 is 2.57. The molecule has 1 rings (SSSR count). The van der Waals surface area contributed by atoms with Gasteiger partial charge in [0.2, 0.25) is 5.91 Å². The number of halogens is 1. The molecule has 5 nitrogen and oxygen atoms in total. The normalized spacial score (nSPS) is 10.2. The average molecular weight is 316 g/mol. The molecule has 0 aliphatic carbocycles. The summed E-state index contributed by atoms with van der Waals surface area (Å²) in [6, 6.07) is 1.74. The minimum atomic E-state index is -0.171. The van der Waals surface area contributed by atoms with Crippen LogP contribution in [0.25, 0.3) is 0 Å². The molecule has 0 radical (unpaired) electrons. The highest BCUT2D eigenvalue weighted by atomic mass is 79.9. The molecule has 1 aromatic rings. The fourth-order valence-electron chi connectivity index (χ4n) is 1.54. The lowest BCUT2D eigenvalue weighted by atomic mass is 10.3. The third-order valence-electron chi connectivity index (χ3n) is 2.49. The van der Waals surface area contributed by atoms with Crippen molar-refractivity contribution in [2.75, 3.05) is 20.1 Å². The van der Waals surface area contributed by atoms with Crippen LogP contribution in [0.3, 0.4) is 0 Å². The summed E-state index contributed by atoms with van der Waals surface area (Å²) >= 11 is 3.31. The third kappa shape index (κ3) is 3.87. The minimum absolute atomic E-state index is 0.0711. The Labute approximate surface area is 115 Å². The van der Waals surface area contributed by atoms with Crippen LogP contribution in [0.15, 0.2) is 16.7 Å². The summed E-state index contributed by atoms with van der Waals surface area (Å²) in [5.74, 6) is -0.309. The quantitative estimate of drug-likeness (QED) is 0.892. The van der Waals surface area contributed by atoms with Gasteiger partial charge in [0.05, 0.1) is 6.54 Å². The maximum Gasteiger partial charge on any atom is 0.270 e. The lowest BCUT2D eigenvalue weighted by Gasteiger charge is -2.16. The van der Waals surface area contributed by atoms with Gasteiger partial charge in [-0.2, -0.15) is 0 Å². The van der Waals surface area contributed by atoms with E-state index in [4.69, 9.17) is 0 Å². The van der Waals surface area contributed by atoms with E-state index in [0.29, 0.717) is 12.2 Å². The van der Waals surface area contributed by atoms with Crippen molar-refractivity contribution in [1.82, 2.24) is 14.8 Å². The van der Waals surface area contributed by atoms with E-state index in [1.807, 2.05) is 6.92 Å². The van der Waals surface area contributed by atoms with Crippen LogP contribution in [0.1, 0.15) is 23.8 Å². The first kappa shape index (κ1) is 14.8. The van der Waals surface area contributed by atoms with E-state index in [1.54, 1.807) is 30.9 Å². The number of rotatable bonds is 5. The lowest BCUT2D eigenvalue weighted by Crippen LogP contribution is -2.39. The second-order valence-corrected chi connectivity index (χ2v) is 5.08. The number of amides is 2. The number of nitrogens with one attached hydrogen (secondary N) is 1. The average Bonchev–Trinajstić information content (AvgIpc) is 2.64. The highest BCUT2D eigenvalue weighted by Gasteiger charge is 2.17. The van der Waals surface area contributed by atoms with Crippen molar-refractivity contribution >= 4 is 27.7 Å². The van der Waals surface area contributed by atoms with E-state index in [2.05, 4.69) is 21.2 Å². The van der Waals surface area contributed by atoms with Gasteiger partial charge in [-0.1, -0.05) is 6.92 Å². The van der Waals surface area contributed by atoms with Crippen LogP contribution in [0.5, 0.6) is 0 Å². The fourth-order valence-corrected chi connectivity index (χ4v) is 2.06. The molecule has 0 spiro atoms. The Hall–Kier alpha value is -1.30. The molecule has 1 aromatic heterocycles. The number of hydrogen-bond acceptors (Lipinski definition) is 2. The Bertz CT molecular complexity index is 443. The summed E-state index contributed by atoms with van der Waals surface area (Å²) in [6.45, 7) is 2.69. The smallest absolute Gasteiger partial charge is 0.270 e. The van der Waals surface area contributed by atoms with Gasteiger partial charge in [-0.15, -0.1) is 0 Å². The molecule has 0 unspecified atom stereocenters. The summed E-state index contributed by atoms with van der Waals surface area (Å²) in [4.78, 5) is 25.0. The molecule has 6 heteroatoms.